The maximum absolute atomic E-state index is 12.7. The third-order valence-corrected chi connectivity index (χ3v) is 2.55. The van der Waals surface area contributed by atoms with Crippen molar-refractivity contribution in [3.63, 3.8) is 0 Å². The molecule has 1 amide bonds. The lowest BCUT2D eigenvalue weighted by molar-refractivity contribution is -0.145. The van der Waals surface area contributed by atoms with Crippen molar-refractivity contribution in [2.45, 2.75) is 32.7 Å². The van der Waals surface area contributed by atoms with E-state index in [0.29, 0.717) is 12.2 Å². The minimum Gasteiger partial charge on any atom is -0.464 e. The van der Waals surface area contributed by atoms with Gasteiger partial charge in [-0.2, -0.15) is 0 Å². The lowest BCUT2D eigenvalue weighted by Crippen LogP contribution is -2.39. The fourth-order valence-electron chi connectivity index (χ4n) is 1.38. The van der Waals surface area contributed by atoms with Gasteiger partial charge in [0, 0.05) is 5.56 Å². The highest BCUT2D eigenvalue weighted by Gasteiger charge is 2.17. The second-order valence-electron chi connectivity index (χ2n) is 4.22. The molecule has 0 aliphatic carbocycles. The molecule has 0 aromatic heterocycles. The van der Waals surface area contributed by atoms with Crippen LogP contribution in [0.25, 0.3) is 0 Å². The monoisotopic (exact) mass is 267 g/mol. The van der Waals surface area contributed by atoms with Gasteiger partial charge in [0.15, 0.2) is 0 Å². The van der Waals surface area contributed by atoms with Crippen molar-refractivity contribution in [3.8, 4) is 0 Å². The largest absolute Gasteiger partial charge is 0.464 e. The van der Waals surface area contributed by atoms with Crippen LogP contribution in [0.2, 0.25) is 0 Å². The van der Waals surface area contributed by atoms with E-state index in [4.69, 9.17) is 4.74 Å². The Hall–Kier alpha value is -1.91. The minimum absolute atomic E-state index is 0.301. The number of halogens is 1. The molecule has 1 aromatic carbocycles. The lowest BCUT2D eigenvalue weighted by Gasteiger charge is -2.13. The highest BCUT2D eigenvalue weighted by Crippen LogP contribution is 2.03. The summed E-state index contributed by atoms with van der Waals surface area (Å²) in [6.45, 7) is 3.90. The molecule has 1 rings (SSSR count). The molecule has 0 saturated heterocycles. The van der Waals surface area contributed by atoms with Crippen molar-refractivity contribution in [1.29, 1.82) is 0 Å². The topological polar surface area (TPSA) is 55.4 Å². The van der Waals surface area contributed by atoms with Gasteiger partial charge in [-0.1, -0.05) is 13.3 Å². The molecule has 0 spiro atoms. The quantitative estimate of drug-likeness (QED) is 0.635. The molecular weight excluding hydrogens is 249 g/mol. The summed E-state index contributed by atoms with van der Waals surface area (Å²) in [5.74, 6) is -1.31. The molecule has 5 heteroatoms. The number of amides is 1. The van der Waals surface area contributed by atoms with E-state index in [1.807, 2.05) is 6.92 Å². The molecule has 0 aliphatic heterocycles. The summed E-state index contributed by atoms with van der Waals surface area (Å²) in [5, 5.41) is 2.51. The first-order chi connectivity index (χ1) is 9.04. The highest BCUT2D eigenvalue weighted by atomic mass is 19.1. The zero-order valence-corrected chi connectivity index (χ0v) is 11.1. The Morgan fingerprint density at radius 1 is 1.32 bits per heavy atom. The first-order valence-corrected chi connectivity index (χ1v) is 6.27. The molecule has 0 radical (unpaired) electrons. The summed E-state index contributed by atoms with van der Waals surface area (Å²) in [6.07, 6.45) is 1.73. The van der Waals surface area contributed by atoms with Crippen LogP contribution in [0.3, 0.4) is 0 Å². The van der Waals surface area contributed by atoms with Crippen molar-refractivity contribution in [3.05, 3.63) is 35.6 Å². The van der Waals surface area contributed by atoms with Crippen LogP contribution in [-0.4, -0.2) is 24.5 Å². The lowest BCUT2D eigenvalue weighted by atomic mass is 10.2. The number of nitrogens with one attached hydrogen (secondary N) is 1. The summed E-state index contributed by atoms with van der Waals surface area (Å²) >= 11 is 0. The molecule has 1 aromatic rings. The third-order valence-electron chi connectivity index (χ3n) is 2.55. The summed E-state index contributed by atoms with van der Waals surface area (Å²) in [6, 6.07) is 4.38. The summed E-state index contributed by atoms with van der Waals surface area (Å²) in [4.78, 5) is 23.3. The fraction of sp³-hybridized carbons (Fsp3) is 0.429. The first-order valence-electron chi connectivity index (χ1n) is 6.27. The molecule has 4 nitrogen and oxygen atoms in total. The van der Waals surface area contributed by atoms with E-state index in [1.54, 1.807) is 6.92 Å². The van der Waals surface area contributed by atoms with Gasteiger partial charge >= 0.3 is 5.97 Å². The van der Waals surface area contributed by atoms with Crippen molar-refractivity contribution < 1.29 is 18.7 Å². The van der Waals surface area contributed by atoms with E-state index in [2.05, 4.69) is 5.32 Å². The maximum Gasteiger partial charge on any atom is 0.328 e. The summed E-state index contributed by atoms with van der Waals surface area (Å²) < 4.78 is 17.7. The van der Waals surface area contributed by atoms with Crippen LogP contribution in [0.4, 0.5) is 4.39 Å². The highest BCUT2D eigenvalue weighted by molar-refractivity contribution is 5.96. The van der Waals surface area contributed by atoms with Crippen molar-refractivity contribution >= 4 is 11.9 Å². The van der Waals surface area contributed by atoms with Gasteiger partial charge in [-0.3, -0.25) is 4.79 Å². The van der Waals surface area contributed by atoms with Gasteiger partial charge in [0.05, 0.1) is 6.61 Å². The number of unbranched alkanes of at least 4 members (excludes halogenated alkanes) is 1. The molecule has 0 saturated carbocycles. The van der Waals surface area contributed by atoms with Gasteiger partial charge < -0.3 is 10.1 Å². The minimum atomic E-state index is -0.727. The van der Waals surface area contributed by atoms with Gasteiger partial charge in [-0.15, -0.1) is 0 Å². The average Bonchev–Trinajstić information content (AvgIpc) is 2.39. The molecule has 0 aliphatic rings. The average molecular weight is 267 g/mol. The van der Waals surface area contributed by atoms with Crippen LogP contribution in [0.15, 0.2) is 24.3 Å². The number of hydrogen-bond acceptors (Lipinski definition) is 3. The number of rotatable bonds is 6. The SMILES string of the molecule is CCCCOC(=O)C(C)NC(=O)c1ccc(F)cc1. The Bertz CT molecular complexity index is 431. The van der Waals surface area contributed by atoms with Crippen LogP contribution in [0.5, 0.6) is 0 Å². The van der Waals surface area contributed by atoms with E-state index < -0.39 is 23.7 Å². The Morgan fingerprint density at radius 3 is 2.53 bits per heavy atom. The Kier molecular flexibility index (Phi) is 5.99. The normalized spacial score (nSPS) is 11.7. The smallest absolute Gasteiger partial charge is 0.328 e. The predicted octanol–water partition coefficient (Wildman–Crippen LogP) is 2.29. The number of benzene rings is 1. The van der Waals surface area contributed by atoms with E-state index in [0.717, 1.165) is 12.8 Å². The van der Waals surface area contributed by atoms with Crippen LogP contribution in [0.1, 0.15) is 37.0 Å². The van der Waals surface area contributed by atoms with E-state index in [-0.39, 0.29) is 0 Å². The van der Waals surface area contributed by atoms with Gasteiger partial charge in [0.2, 0.25) is 0 Å². The molecule has 1 atom stereocenters. The zero-order valence-electron chi connectivity index (χ0n) is 11.1. The Labute approximate surface area is 112 Å². The standard InChI is InChI=1S/C14H18FNO3/c1-3-4-9-19-14(18)10(2)16-13(17)11-5-7-12(15)8-6-11/h5-8,10H,3-4,9H2,1-2H3,(H,16,17). The van der Waals surface area contributed by atoms with Gasteiger partial charge in [-0.25, -0.2) is 9.18 Å². The summed E-state index contributed by atoms with van der Waals surface area (Å²) in [7, 11) is 0. The van der Waals surface area contributed by atoms with Crippen LogP contribution >= 0.6 is 0 Å². The number of esters is 1. The van der Waals surface area contributed by atoms with E-state index in [9.17, 15) is 14.0 Å². The zero-order chi connectivity index (χ0) is 14.3. The maximum atomic E-state index is 12.7. The number of carbonyl (C=O) groups is 2. The number of hydrogen-bond donors (Lipinski definition) is 1. The molecule has 0 bridgehead atoms. The molecule has 0 heterocycles. The first kappa shape index (κ1) is 15.1. The van der Waals surface area contributed by atoms with Crippen molar-refractivity contribution in [1.82, 2.24) is 5.32 Å². The molecule has 0 fully saturated rings. The van der Waals surface area contributed by atoms with Gasteiger partial charge in [-0.05, 0) is 37.6 Å². The van der Waals surface area contributed by atoms with Crippen LogP contribution < -0.4 is 5.32 Å². The van der Waals surface area contributed by atoms with E-state index in [1.165, 1.54) is 24.3 Å². The van der Waals surface area contributed by atoms with Crippen molar-refractivity contribution in [2.75, 3.05) is 6.61 Å². The number of carbonyl (C=O) groups excluding carboxylic acids is 2. The van der Waals surface area contributed by atoms with Crippen LogP contribution in [0, 0.1) is 5.82 Å². The molecule has 19 heavy (non-hydrogen) atoms. The van der Waals surface area contributed by atoms with Crippen LogP contribution in [-0.2, 0) is 9.53 Å². The molecule has 1 unspecified atom stereocenters. The fourth-order valence-corrected chi connectivity index (χ4v) is 1.38. The summed E-state index contributed by atoms with van der Waals surface area (Å²) in [5.41, 5.74) is 0.301. The Morgan fingerprint density at radius 2 is 1.95 bits per heavy atom. The van der Waals surface area contributed by atoms with Gasteiger partial charge in [0.1, 0.15) is 11.9 Å². The number of ether oxygens (including phenoxy) is 1. The predicted molar refractivity (Wildman–Crippen MR) is 69.2 cm³/mol. The Balaban J connectivity index is 2.47. The molecule has 1 N–H and O–H groups in total. The second kappa shape index (κ2) is 7.51. The second-order valence-corrected chi connectivity index (χ2v) is 4.22. The molecular formula is C14H18FNO3. The molecule has 104 valence electrons. The van der Waals surface area contributed by atoms with Gasteiger partial charge in [0.25, 0.3) is 5.91 Å². The third kappa shape index (κ3) is 5.07. The van der Waals surface area contributed by atoms with E-state index >= 15 is 0 Å². The van der Waals surface area contributed by atoms with Crippen molar-refractivity contribution in [2.24, 2.45) is 0 Å².